The van der Waals surface area contributed by atoms with Crippen LogP contribution in [0, 0.1) is 22.7 Å². The molecule has 1 fully saturated rings. The summed E-state index contributed by atoms with van der Waals surface area (Å²) < 4.78 is 23.6. The van der Waals surface area contributed by atoms with Gasteiger partial charge in [-0.1, -0.05) is 22.9 Å². The number of nitrogens with zero attached hydrogens (tertiary/aromatic N) is 3. The van der Waals surface area contributed by atoms with Crippen LogP contribution in [0.1, 0.15) is 12.8 Å². The van der Waals surface area contributed by atoms with E-state index in [1.165, 1.54) is 6.20 Å². The molecule has 2 aromatic rings. The number of rotatable bonds is 4. The average Bonchev–Trinajstić information content (AvgIpc) is 3.11. The minimum atomic E-state index is -0.709. The molecule has 26 heavy (non-hydrogen) atoms. The summed E-state index contributed by atoms with van der Waals surface area (Å²) in [6.45, 7) is 1.15. The lowest BCUT2D eigenvalue weighted by molar-refractivity contribution is 0.0408. The van der Waals surface area contributed by atoms with Crippen molar-refractivity contribution in [2.75, 3.05) is 19.8 Å². The number of thiazole rings is 1. The fourth-order valence-corrected chi connectivity index (χ4v) is 3.35. The molecule has 0 aromatic carbocycles. The Hall–Kier alpha value is -2.28. The number of amides is 1. The third kappa shape index (κ3) is 4.27. The quantitative estimate of drug-likeness (QED) is 0.795. The zero-order chi connectivity index (χ0) is 18.6. The van der Waals surface area contributed by atoms with Crippen LogP contribution in [0.15, 0.2) is 17.6 Å². The number of aromatic nitrogens is 2. The molecule has 0 saturated carbocycles. The summed E-state index contributed by atoms with van der Waals surface area (Å²) >= 11 is 7.06. The number of carbonyl (C=O) groups is 1. The van der Waals surface area contributed by atoms with Gasteiger partial charge in [0.25, 0.3) is 5.19 Å². The monoisotopic (exact) mass is 396 g/mol. The maximum absolute atomic E-state index is 13.3. The van der Waals surface area contributed by atoms with Crippen LogP contribution in [-0.4, -0.2) is 35.8 Å². The van der Waals surface area contributed by atoms with Crippen LogP contribution in [0.4, 0.5) is 9.18 Å². The first-order valence-electron chi connectivity index (χ1n) is 7.73. The molecule has 1 aliphatic heterocycles. The lowest BCUT2D eigenvalue weighted by Crippen LogP contribution is -2.41. The number of nitriles is 1. The molecule has 0 radical (unpaired) electrons. The Morgan fingerprint density at radius 3 is 3.04 bits per heavy atom. The molecule has 3 heterocycles. The second-order valence-corrected chi connectivity index (χ2v) is 6.96. The van der Waals surface area contributed by atoms with E-state index >= 15 is 0 Å². The van der Waals surface area contributed by atoms with E-state index < -0.39 is 17.5 Å². The highest BCUT2D eigenvalue weighted by molar-refractivity contribution is 7.11. The van der Waals surface area contributed by atoms with Crippen LogP contribution in [-0.2, 0) is 4.74 Å². The zero-order valence-electron chi connectivity index (χ0n) is 13.5. The van der Waals surface area contributed by atoms with Gasteiger partial charge in [0.05, 0.1) is 22.2 Å². The van der Waals surface area contributed by atoms with Crippen molar-refractivity contribution in [2.24, 2.45) is 5.41 Å². The molecule has 1 saturated heterocycles. The SMILES string of the molecule is N#CC1(CNC(=O)Oc2nc(-c3cc(F)ncc3Cl)cs2)CCOCC1. The smallest absolute Gasteiger partial charge is 0.381 e. The van der Waals surface area contributed by atoms with E-state index in [9.17, 15) is 14.4 Å². The molecule has 0 unspecified atom stereocenters. The standard InChI is InChI=1S/C16H14ClFN4O3S/c17-11-6-20-13(18)5-10(11)12-7-26-15(22-12)25-14(23)21-9-16(8-19)1-3-24-4-2-16/h5-7H,1-4,9H2,(H,21,23). The highest BCUT2D eigenvalue weighted by Gasteiger charge is 2.33. The molecule has 1 amide bonds. The zero-order valence-corrected chi connectivity index (χ0v) is 15.1. The van der Waals surface area contributed by atoms with Crippen molar-refractivity contribution in [1.29, 1.82) is 5.26 Å². The Bertz CT molecular complexity index is 848. The number of hydrogen-bond donors (Lipinski definition) is 1. The fraction of sp³-hybridized carbons (Fsp3) is 0.375. The van der Waals surface area contributed by atoms with Gasteiger partial charge in [-0.05, 0) is 12.8 Å². The van der Waals surface area contributed by atoms with Crippen LogP contribution in [0.5, 0.6) is 5.19 Å². The summed E-state index contributed by atoms with van der Waals surface area (Å²) in [7, 11) is 0. The molecular formula is C16H14ClFN4O3S. The molecule has 10 heteroatoms. The van der Waals surface area contributed by atoms with Crippen molar-refractivity contribution in [2.45, 2.75) is 12.8 Å². The second-order valence-electron chi connectivity index (χ2n) is 5.73. The number of ether oxygens (including phenoxy) is 2. The molecule has 0 aliphatic carbocycles. The first-order valence-corrected chi connectivity index (χ1v) is 8.99. The van der Waals surface area contributed by atoms with E-state index in [1.807, 2.05) is 0 Å². The van der Waals surface area contributed by atoms with Gasteiger partial charge < -0.3 is 14.8 Å². The molecule has 2 aromatic heterocycles. The summed E-state index contributed by atoms with van der Waals surface area (Å²) in [5.41, 5.74) is 0.0891. The maximum atomic E-state index is 13.3. The van der Waals surface area contributed by atoms with Crippen molar-refractivity contribution >= 4 is 29.0 Å². The fourth-order valence-electron chi connectivity index (χ4n) is 2.48. The van der Waals surface area contributed by atoms with Crippen molar-refractivity contribution in [3.8, 4) is 22.5 Å². The summed E-state index contributed by atoms with van der Waals surface area (Å²) in [4.78, 5) is 19.6. The normalized spacial score (nSPS) is 15.9. The summed E-state index contributed by atoms with van der Waals surface area (Å²) in [6.07, 6.45) is 1.59. The molecule has 7 nitrogen and oxygen atoms in total. The number of halogens is 2. The minimum Gasteiger partial charge on any atom is -0.381 e. The number of carbonyl (C=O) groups excluding carboxylic acids is 1. The lowest BCUT2D eigenvalue weighted by Gasteiger charge is -2.30. The minimum absolute atomic E-state index is 0.0868. The Morgan fingerprint density at radius 2 is 2.31 bits per heavy atom. The summed E-state index contributed by atoms with van der Waals surface area (Å²) in [5, 5.41) is 13.9. The van der Waals surface area contributed by atoms with Gasteiger partial charge in [-0.3, -0.25) is 0 Å². The van der Waals surface area contributed by atoms with Gasteiger partial charge in [-0.2, -0.15) is 9.65 Å². The van der Waals surface area contributed by atoms with Crippen molar-refractivity contribution in [3.05, 3.63) is 28.6 Å². The van der Waals surface area contributed by atoms with Gasteiger partial charge in [0, 0.05) is 43.0 Å². The van der Waals surface area contributed by atoms with Gasteiger partial charge in [-0.25, -0.2) is 14.8 Å². The van der Waals surface area contributed by atoms with Crippen LogP contribution in [0.2, 0.25) is 5.02 Å². The maximum Gasteiger partial charge on any atom is 0.414 e. The Morgan fingerprint density at radius 1 is 1.54 bits per heavy atom. The van der Waals surface area contributed by atoms with Crippen LogP contribution in [0.3, 0.4) is 0 Å². The molecule has 136 valence electrons. The van der Waals surface area contributed by atoms with E-state index in [-0.39, 0.29) is 16.8 Å². The van der Waals surface area contributed by atoms with E-state index in [0.29, 0.717) is 37.3 Å². The number of pyridine rings is 1. The second kappa shape index (κ2) is 7.95. The van der Waals surface area contributed by atoms with Gasteiger partial charge in [0.2, 0.25) is 5.95 Å². The summed E-state index contributed by atoms with van der Waals surface area (Å²) in [6, 6.07) is 3.41. The predicted molar refractivity (Wildman–Crippen MR) is 92.4 cm³/mol. The van der Waals surface area contributed by atoms with E-state index in [4.69, 9.17) is 21.1 Å². The van der Waals surface area contributed by atoms with Gasteiger partial charge in [0.1, 0.15) is 0 Å². The van der Waals surface area contributed by atoms with Gasteiger partial charge >= 0.3 is 6.09 Å². The Kier molecular flexibility index (Phi) is 5.66. The topological polar surface area (TPSA) is 97.1 Å². The van der Waals surface area contributed by atoms with Crippen LogP contribution < -0.4 is 10.1 Å². The van der Waals surface area contributed by atoms with Crippen molar-refractivity contribution < 1.29 is 18.7 Å². The molecular weight excluding hydrogens is 383 g/mol. The van der Waals surface area contributed by atoms with Crippen molar-refractivity contribution in [1.82, 2.24) is 15.3 Å². The largest absolute Gasteiger partial charge is 0.414 e. The molecule has 0 spiro atoms. The highest BCUT2D eigenvalue weighted by atomic mass is 35.5. The molecule has 1 aliphatic rings. The van der Waals surface area contributed by atoms with Crippen LogP contribution in [0.25, 0.3) is 11.3 Å². The molecule has 3 rings (SSSR count). The average molecular weight is 397 g/mol. The third-order valence-electron chi connectivity index (χ3n) is 4.02. The van der Waals surface area contributed by atoms with Crippen LogP contribution >= 0.6 is 22.9 Å². The lowest BCUT2D eigenvalue weighted by atomic mass is 9.82. The number of hydrogen-bond acceptors (Lipinski definition) is 7. The van der Waals surface area contributed by atoms with Gasteiger partial charge in [0.15, 0.2) is 0 Å². The van der Waals surface area contributed by atoms with Gasteiger partial charge in [-0.15, -0.1) is 0 Å². The van der Waals surface area contributed by atoms with Crippen molar-refractivity contribution in [3.63, 3.8) is 0 Å². The summed E-state index contributed by atoms with van der Waals surface area (Å²) in [5.74, 6) is -0.684. The van der Waals surface area contributed by atoms with E-state index in [2.05, 4.69) is 21.4 Å². The third-order valence-corrected chi connectivity index (χ3v) is 5.04. The van der Waals surface area contributed by atoms with E-state index in [0.717, 1.165) is 17.4 Å². The highest BCUT2D eigenvalue weighted by Crippen LogP contribution is 2.32. The first-order chi connectivity index (χ1) is 12.5. The Balaban J connectivity index is 1.61. The molecule has 1 N–H and O–H groups in total. The number of nitrogens with one attached hydrogen (secondary N) is 1. The molecule has 0 atom stereocenters. The Labute approximate surface area is 157 Å². The predicted octanol–water partition coefficient (Wildman–Crippen LogP) is 3.41. The first kappa shape index (κ1) is 18.5. The van der Waals surface area contributed by atoms with E-state index in [1.54, 1.807) is 5.38 Å². The molecule has 0 bridgehead atoms.